The van der Waals surface area contributed by atoms with E-state index in [4.69, 9.17) is 14.2 Å². The van der Waals surface area contributed by atoms with Crippen LogP contribution in [0.15, 0.2) is 36.4 Å². The minimum absolute atomic E-state index is 0.0993. The minimum Gasteiger partial charge on any atom is -0.493 e. The Bertz CT molecular complexity index is 875. The van der Waals surface area contributed by atoms with Gasteiger partial charge in [0.2, 0.25) is 6.79 Å². The summed E-state index contributed by atoms with van der Waals surface area (Å²) in [4.78, 5) is 14.9. The zero-order valence-corrected chi connectivity index (χ0v) is 17.3. The van der Waals surface area contributed by atoms with E-state index in [1.807, 2.05) is 31.2 Å². The Morgan fingerprint density at radius 3 is 2.41 bits per heavy atom. The highest BCUT2D eigenvalue weighted by Gasteiger charge is 2.25. The van der Waals surface area contributed by atoms with E-state index >= 15 is 0 Å². The maximum atomic E-state index is 11.8. The van der Waals surface area contributed by atoms with Gasteiger partial charge in [0.15, 0.2) is 17.3 Å². The van der Waals surface area contributed by atoms with E-state index in [1.165, 1.54) is 5.56 Å². The molecule has 6 heteroatoms. The molecule has 0 unspecified atom stereocenters. The summed E-state index contributed by atoms with van der Waals surface area (Å²) in [5.41, 5.74) is 3.18. The molecule has 1 saturated heterocycles. The van der Waals surface area contributed by atoms with Crippen LogP contribution < -0.4 is 24.0 Å². The maximum absolute atomic E-state index is 11.8. The van der Waals surface area contributed by atoms with Gasteiger partial charge in [-0.25, -0.2) is 0 Å². The van der Waals surface area contributed by atoms with Crippen molar-refractivity contribution in [2.45, 2.75) is 26.9 Å². The topological polar surface area (TPSA) is 53.6 Å². The molecule has 1 fully saturated rings. The van der Waals surface area contributed by atoms with E-state index in [-0.39, 0.29) is 5.78 Å². The Morgan fingerprint density at radius 2 is 1.69 bits per heavy atom. The third-order valence-electron chi connectivity index (χ3n) is 5.76. The Hall–Kier alpha value is -2.57. The van der Waals surface area contributed by atoms with Gasteiger partial charge in [0.1, 0.15) is 45.0 Å². The molecule has 0 amide bonds. The van der Waals surface area contributed by atoms with Crippen LogP contribution in [-0.4, -0.2) is 45.4 Å². The van der Waals surface area contributed by atoms with Gasteiger partial charge < -0.3 is 24.0 Å². The van der Waals surface area contributed by atoms with Crippen molar-refractivity contribution in [1.82, 2.24) is 0 Å². The first-order valence-corrected chi connectivity index (χ1v) is 10.4. The van der Waals surface area contributed by atoms with E-state index < -0.39 is 0 Å². The number of benzene rings is 2. The van der Waals surface area contributed by atoms with Crippen LogP contribution >= 0.6 is 0 Å². The first-order chi connectivity index (χ1) is 14.1. The predicted octanol–water partition coefficient (Wildman–Crippen LogP) is 0.500. The number of nitrogens with one attached hydrogen (secondary N) is 2. The highest BCUT2D eigenvalue weighted by molar-refractivity contribution is 5.94. The number of fused-ring (bicyclic) bond motifs is 1. The summed E-state index contributed by atoms with van der Waals surface area (Å²) in [5.74, 6) is 2.71. The molecule has 4 rings (SSSR count). The van der Waals surface area contributed by atoms with Crippen molar-refractivity contribution in [2.75, 3.05) is 39.6 Å². The molecule has 154 valence electrons. The second kappa shape index (κ2) is 8.84. The predicted molar refractivity (Wildman–Crippen MR) is 109 cm³/mol. The minimum atomic E-state index is 0.0993. The third-order valence-corrected chi connectivity index (χ3v) is 5.76. The molecule has 0 spiro atoms. The van der Waals surface area contributed by atoms with E-state index in [0.29, 0.717) is 13.4 Å². The molecular formula is C23H30N2O4+2. The van der Waals surface area contributed by atoms with Crippen LogP contribution in [0.25, 0.3) is 0 Å². The zero-order chi connectivity index (χ0) is 20.2. The fourth-order valence-electron chi connectivity index (χ4n) is 4.15. The van der Waals surface area contributed by atoms with Crippen LogP contribution in [0.1, 0.15) is 35.3 Å². The van der Waals surface area contributed by atoms with Gasteiger partial charge in [0.05, 0.1) is 6.61 Å². The monoisotopic (exact) mass is 398 g/mol. The fourth-order valence-corrected chi connectivity index (χ4v) is 4.15. The lowest BCUT2D eigenvalue weighted by Gasteiger charge is -2.30. The normalized spacial score (nSPS) is 20.5. The number of ketones is 1. The summed E-state index contributed by atoms with van der Waals surface area (Å²) >= 11 is 0. The molecule has 6 nitrogen and oxygen atoms in total. The average Bonchev–Trinajstić information content (AvgIpc) is 3.18. The molecule has 2 heterocycles. The molecule has 2 aromatic carbocycles. The average molecular weight is 399 g/mol. The number of hydrogen-bond donors (Lipinski definition) is 2. The summed E-state index contributed by atoms with van der Waals surface area (Å²) in [7, 11) is 0. The lowest BCUT2D eigenvalue weighted by atomic mass is 10.1. The van der Waals surface area contributed by atoms with Gasteiger partial charge in [0.25, 0.3) is 0 Å². The summed E-state index contributed by atoms with van der Waals surface area (Å²) in [6, 6.07) is 12.1. The van der Waals surface area contributed by atoms with Crippen LogP contribution in [0.2, 0.25) is 0 Å². The fraction of sp³-hybridized carbons (Fsp3) is 0.435. The third kappa shape index (κ3) is 4.71. The maximum Gasteiger partial charge on any atom is 0.231 e. The van der Waals surface area contributed by atoms with E-state index in [1.54, 1.807) is 16.7 Å². The van der Waals surface area contributed by atoms with Crippen LogP contribution in [0.4, 0.5) is 0 Å². The van der Waals surface area contributed by atoms with Crippen molar-refractivity contribution in [3.05, 3.63) is 53.1 Å². The number of Topliss-reactive ketones (excluding diaryl/α,β-unsaturated/α-hetero) is 1. The lowest BCUT2D eigenvalue weighted by Crippen LogP contribution is -3.27. The van der Waals surface area contributed by atoms with Crippen LogP contribution in [0.5, 0.6) is 17.2 Å². The van der Waals surface area contributed by atoms with E-state index in [0.717, 1.165) is 67.6 Å². The van der Waals surface area contributed by atoms with Crippen molar-refractivity contribution in [3.8, 4) is 17.2 Å². The van der Waals surface area contributed by atoms with Gasteiger partial charge in [-0.3, -0.25) is 4.79 Å². The zero-order valence-electron chi connectivity index (χ0n) is 17.3. The summed E-state index contributed by atoms with van der Waals surface area (Å²) in [6.45, 7) is 10.9. The summed E-state index contributed by atoms with van der Waals surface area (Å²) in [5, 5.41) is 0. The van der Waals surface area contributed by atoms with Crippen LogP contribution in [0, 0.1) is 0 Å². The molecule has 0 aliphatic carbocycles. The van der Waals surface area contributed by atoms with Gasteiger partial charge in [-0.05, 0) is 50.2 Å². The molecular weight excluding hydrogens is 368 g/mol. The molecule has 0 bridgehead atoms. The molecule has 2 aliphatic heterocycles. The Balaban J connectivity index is 1.35. The number of hydrogen-bond acceptors (Lipinski definition) is 4. The lowest BCUT2D eigenvalue weighted by molar-refractivity contribution is -1.02. The second-order valence-corrected chi connectivity index (χ2v) is 7.85. The van der Waals surface area contributed by atoms with Crippen molar-refractivity contribution in [3.63, 3.8) is 0 Å². The van der Waals surface area contributed by atoms with E-state index in [2.05, 4.69) is 12.1 Å². The standard InChI is InChI=1S/C23H28N2O4/c1-3-27-21-7-5-19(17(2)26)13-20(21)15-25-10-8-24(9-11-25)14-18-4-6-22-23(12-18)29-16-28-22/h4-7,12-13H,3,8-11,14-16H2,1-2H3/p+2. The Kier molecular flexibility index (Phi) is 6.02. The van der Waals surface area contributed by atoms with Gasteiger partial charge >= 0.3 is 0 Å². The molecule has 2 aliphatic rings. The number of carbonyl (C=O) groups is 1. The summed E-state index contributed by atoms with van der Waals surface area (Å²) < 4.78 is 16.7. The SMILES string of the molecule is CCOc1ccc(C(C)=O)cc1C[NH+]1CC[NH+](Cc2ccc3c(c2)OCO3)CC1. The van der Waals surface area contributed by atoms with Crippen molar-refractivity contribution >= 4 is 5.78 Å². The number of quaternary nitrogens is 2. The highest BCUT2D eigenvalue weighted by atomic mass is 16.7. The number of ether oxygens (including phenoxy) is 3. The summed E-state index contributed by atoms with van der Waals surface area (Å²) in [6.07, 6.45) is 0. The van der Waals surface area contributed by atoms with Crippen molar-refractivity contribution < 1.29 is 28.8 Å². The highest BCUT2D eigenvalue weighted by Crippen LogP contribution is 2.32. The van der Waals surface area contributed by atoms with Crippen LogP contribution in [-0.2, 0) is 13.1 Å². The molecule has 0 atom stereocenters. The Morgan fingerprint density at radius 1 is 0.966 bits per heavy atom. The molecule has 2 N–H and O–H groups in total. The first-order valence-electron chi connectivity index (χ1n) is 10.4. The smallest absolute Gasteiger partial charge is 0.231 e. The van der Waals surface area contributed by atoms with Gasteiger partial charge in [-0.1, -0.05) is 0 Å². The quantitative estimate of drug-likeness (QED) is 0.667. The van der Waals surface area contributed by atoms with Crippen LogP contribution in [0.3, 0.4) is 0 Å². The molecule has 0 saturated carbocycles. The van der Waals surface area contributed by atoms with Gasteiger partial charge in [-0.2, -0.15) is 0 Å². The number of piperazine rings is 1. The van der Waals surface area contributed by atoms with Gasteiger partial charge in [-0.15, -0.1) is 0 Å². The molecule has 29 heavy (non-hydrogen) atoms. The first kappa shape index (κ1) is 19.7. The molecule has 2 aromatic rings. The van der Waals surface area contributed by atoms with Crippen molar-refractivity contribution in [1.29, 1.82) is 0 Å². The van der Waals surface area contributed by atoms with Gasteiger partial charge in [0, 0.05) is 16.7 Å². The molecule has 0 radical (unpaired) electrons. The largest absolute Gasteiger partial charge is 0.493 e. The van der Waals surface area contributed by atoms with E-state index in [9.17, 15) is 4.79 Å². The number of carbonyl (C=O) groups excluding carboxylic acids is 1. The van der Waals surface area contributed by atoms with Crippen molar-refractivity contribution in [2.24, 2.45) is 0 Å². The second-order valence-electron chi connectivity index (χ2n) is 7.85. The Labute approximate surface area is 172 Å². The number of rotatable bonds is 7. The molecule has 0 aromatic heterocycles.